The molecular formula is C14H24N2O4S. The largest absolute Gasteiger partial charge is 0.324 e. The lowest BCUT2D eigenvalue weighted by atomic mass is 10.1. The summed E-state index contributed by atoms with van der Waals surface area (Å²) in [6.07, 6.45) is 0. The second kappa shape index (κ2) is 10.4. The lowest BCUT2D eigenvalue weighted by Gasteiger charge is -2.18. The second-order valence-corrected chi connectivity index (χ2v) is 4.97. The van der Waals surface area contributed by atoms with Crippen LogP contribution in [-0.2, 0) is 16.2 Å². The number of carbonyl (C=O) groups is 1. The molecule has 0 aromatic heterocycles. The van der Waals surface area contributed by atoms with E-state index in [-0.39, 0.29) is 5.91 Å². The summed E-state index contributed by atoms with van der Waals surface area (Å²) in [6, 6.07) is 6.03. The van der Waals surface area contributed by atoms with Gasteiger partial charge in [0.05, 0.1) is 6.54 Å². The maximum atomic E-state index is 11.9. The van der Waals surface area contributed by atoms with Gasteiger partial charge in [-0.2, -0.15) is 4.21 Å². The van der Waals surface area contributed by atoms with Crippen molar-refractivity contribution in [2.45, 2.75) is 27.7 Å². The molecule has 0 aliphatic heterocycles. The number of likely N-dealkylation sites (N-methyl/N-ethyl adjacent to an activating group) is 1. The van der Waals surface area contributed by atoms with Gasteiger partial charge in [-0.25, -0.2) is 0 Å². The van der Waals surface area contributed by atoms with Gasteiger partial charge in [-0.05, 0) is 38.1 Å². The normalized spacial score (nSPS) is 10.3. The third-order valence-electron chi connectivity index (χ3n) is 3.01. The molecule has 0 spiro atoms. The van der Waals surface area contributed by atoms with E-state index < -0.39 is 11.4 Å². The fourth-order valence-corrected chi connectivity index (χ4v) is 1.84. The van der Waals surface area contributed by atoms with Crippen molar-refractivity contribution in [2.24, 2.45) is 0 Å². The molecule has 0 heterocycles. The highest BCUT2D eigenvalue weighted by Gasteiger charge is 2.09. The van der Waals surface area contributed by atoms with E-state index in [4.69, 9.17) is 13.3 Å². The summed E-state index contributed by atoms with van der Waals surface area (Å²) >= 11 is -2.61. The summed E-state index contributed by atoms with van der Waals surface area (Å²) in [7, 11) is 0. The lowest BCUT2D eigenvalue weighted by Crippen LogP contribution is -2.33. The van der Waals surface area contributed by atoms with Gasteiger partial charge in [0.2, 0.25) is 5.91 Å². The van der Waals surface area contributed by atoms with Gasteiger partial charge in [0.1, 0.15) is 0 Å². The number of para-hydroxylation sites is 1. The summed E-state index contributed by atoms with van der Waals surface area (Å²) in [5.74, 6) is 0.0612. The van der Waals surface area contributed by atoms with Crippen LogP contribution in [0.5, 0.6) is 0 Å². The number of carbonyl (C=O) groups excluding carboxylic acids is 1. The van der Waals surface area contributed by atoms with Gasteiger partial charge in [-0.3, -0.25) is 18.8 Å². The van der Waals surface area contributed by atoms with Crippen molar-refractivity contribution in [1.82, 2.24) is 4.90 Å². The van der Waals surface area contributed by atoms with Crippen LogP contribution in [0, 0.1) is 13.8 Å². The van der Waals surface area contributed by atoms with Crippen molar-refractivity contribution < 1.29 is 18.1 Å². The Kier molecular flexibility index (Phi) is 9.81. The van der Waals surface area contributed by atoms with Crippen molar-refractivity contribution in [1.29, 1.82) is 0 Å². The number of aryl methyl sites for hydroxylation is 2. The van der Waals surface area contributed by atoms with E-state index in [1.54, 1.807) is 0 Å². The molecule has 0 radical (unpaired) electrons. The highest BCUT2D eigenvalue weighted by Crippen LogP contribution is 2.19. The first-order valence-corrected chi connectivity index (χ1v) is 7.76. The van der Waals surface area contributed by atoms with E-state index in [0.717, 1.165) is 29.9 Å². The van der Waals surface area contributed by atoms with E-state index in [1.165, 1.54) is 0 Å². The molecule has 1 rings (SSSR count). The highest BCUT2D eigenvalue weighted by molar-refractivity contribution is 7.73. The van der Waals surface area contributed by atoms with Gasteiger partial charge in [-0.1, -0.05) is 32.0 Å². The minimum absolute atomic E-state index is 0.0612. The topological polar surface area (TPSA) is 89.9 Å². The van der Waals surface area contributed by atoms with Crippen LogP contribution in [0.1, 0.15) is 25.0 Å². The second-order valence-electron chi connectivity index (χ2n) is 4.51. The summed E-state index contributed by atoms with van der Waals surface area (Å²) in [4.78, 5) is 14.0. The number of nitrogens with one attached hydrogen (secondary N) is 1. The maximum absolute atomic E-state index is 11.9. The molecule has 0 unspecified atom stereocenters. The molecule has 7 heteroatoms. The molecule has 6 nitrogen and oxygen atoms in total. The fraction of sp³-hybridized carbons (Fsp3) is 0.500. The molecule has 0 fully saturated rings. The number of amides is 1. The quantitative estimate of drug-likeness (QED) is 0.725. The van der Waals surface area contributed by atoms with E-state index in [9.17, 15) is 4.79 Å². The van der Waals surface area contributed by atoms with E-state index in [0.29, 0.717) is 6.54 Å². The minimum Gasteiger partial charge on any atom is -0.324 e. The lowest BCUT2D eigenvalue weighted by molar-refractivity contribution is -0.117. The van der Waals surface area contributed by atoms with E-state index >= 15 is 0 Å². The Morgan fingerprint density at radius 3 is 2.00 bits per heavy atom. The van der Waals surface area contributed by atoms with Crippen LogP contribution < -0.4 is 5.32 Å². The Morgan fingerprint density at radius 1 is 1.19 bits per heavy atom. The monoisotopic (exact) mass is 316 g/mol. The molecule has 1 aromatic rings. The number of benzene rings is 1. The van der Waals surface area contributed by atoms with Gasteiger partial charge < -0.3 is 5.32 Å². The van der Waals surface area contributed by atoms with E-state index in [2.05, 4.69) is 24.1 Å². The number of hydrogen-bond acceptors (Lipinski definition) is 3. The SMILES string of the molecule is CCN(CC)CC(=O)Nc1c(C)cccc1C.O=S(O)O. The Morgan fingerprint density at radius 2 is 1.62 bits per heavy atom. The predicted octanol–water partition coefficient (Wildman–Crippen LogP) is 2.26. The van der Waals surface area contributed by atoms with Crippen molar-refractivity contribution >= 4 is 23.0 Å². The van der Waals surface area contributed by atoms with Gasteiger partial charge in [0.25, 0.3) is 11.4 Å². The van der Waals surface area contributed by atoms with Crippen LogP contribution >= 0.6 is 0 Å². The fourth-order valence-electron chi connectivity index (χ4n) is 1.84. The number of anilines is 1. The average molecular weight is 316 g/mol. The molecular weight excluding hydrogens is 292 g/mol. The first kappa shape index (κ1) is 19.7. The Bertz CT molecular complexity index is 452. The third kappa shape index (κ3) is 8.56. The van der Waals surface area contributed by atoms with Crippen LogP contribution in [0.25, 0.3) is 0 Å². The molecule has 0 aliphatic carbocycles. The van der Waals surface area contributed by atoms with Gasteiger partial charge in [0.15, 0.2) is 0 Å². The summed E-state index contributed by atoms with van der Waals surface area (Å²) in [5.41, 5.74) is 3.17. The van der Waals surface area contributed by atoms with Crippen molar-refractivity contribution in [2.75, 3.05) is 25.0 Å². The van der Waals surface area contributed by atoms with Crippen molar-refractivity contribution in [3.63, 3.8) is 0 Å². The molecule has 21 heavy (non-hydrogen) atoms. The van der Waals surface area contributed by atoms with Crippen LogP contribution in [0.15, 0.2) is 18.2 Å². The zero-order valence-electron chi connectivity index (χ0n) is 12.9. The predicted molar refractivity (Wildman–Crippen MR) is 85.7 cm³/mol. The molecule has 0 saturated heterocycles. The zero-order chi connectivity index (χ0) is 16.4. The summed E-state index contributed by atoms with van der Waals surface area (Å²) in [6.45, 7) is 10.4. The van der Waals surface area contributed by atoms with Crippen LogP contribution in [0.2, 0.25) is 0 Å². The van der Waals surface area contributed by atoms with E-state index in [1.807, 2.05) is 32.0 Å². The molecule has 0 saturated carbocycles. The minimum atomic E-state index is -2.61. The van der Waals surface area contributed by atoms with Gasteiger partial charge in [-0.15, -0.1) is 0 Å². The average Bonchev–Trinajstić information content (AvgIpc) is 2.40. The third-order valence-corrected chi connectivity index (χ3v) is 3.01. The Balaban J connectivity index is 0.000000885. The van der Waals surface area contributed by atoms with Crippen LogP contribution in [0.3, 0.4) is 0 Å². The molecule has 1 aromatic carbocycles. The zero-order valence-corrected chi connectivity index (χ0v) is 13.7. The summed E-state index contributed by atoms with van der Waals surface area (Å²) < 4.78 is 22.8. The first-order chi connectivity index (χ1) is 9.81. The summed E-state index contributed by atoms with van der Waals surface area (Å²) in [5, 5.41) is 3.00. The van der Waals surface area contributed by atoms with Gasteiger partial charge in [0, 0.05) is 5.69 Å². The van der Waals surface area contributed by atoms with Gasteiger partial charge >= 0.3 is 0 Å². The first-order valence-electron chi connectivity index (χ1n) is 6.70. The maximum Gasteiger partial charge on any atom is 0.299 e. The Labute approximate surface area is 128 Å². The number of hydrogen-bond donors (Lipinski definition) is 3. The van der Waals surface area contributed by atoms with Crippen LogP contribution in [0.4, 0.5) is 5.69 Å². The number of nitrogens with zero attached hydrogens (tertiary/aromatic N) is 1. The molecule has 0 atom stereocenters. The standard InChI is InChI=1S/C14H22N2O.H2O3S/c1-5-16(6-2)10-13(17)15-14-11(3)8-7-9-12(14)4;1-4(2)3/h7-9H,5-6,10H2,1-4H3,(H,15,17);(H2,1,2,3). The van der Waals surface area contributed by atoms with Crippen molar-refractivity contribution in [3.8, 4) is 0 Å². The smallest absolute Gasteiger partial charge is 0.299 e. The Hall–Kier alpha value is -1.28. The molecule has 1 amide bonds. The highest BCUT2D eigenvalue weighted by atomic mass is 32.2. The van der Waals surface area contributed by atoms with Crippen LogP contribution in [-0.4, -0.2) is 43.8 Å². The van der Waals surface area contributed by atoms with Crippen molar-refractivity contribution in [3.05, 3.63) is 29.3 Å². The molecule has 0 bridgehead atoms. The molecule has 0 aliphatic rings. The molecule has 3 N–H and O–H groups in total. The number of rotatable bonds is 5. The molecule has 120 valence electrons.